The summed E-state index contributed by atoms with van der Waals surface area (Å²) in [4.78, 5) is 3.97. The summed E-state index contributed by atoms with van der Waals surface area (Å²) in [6.07, 6.45) is 1.08. The van der Waals surface area contributed by atoms with E-state index in [0.29, 0.717) is 31.3 Å². The molecule has 1 aliphatic heterocycles. The van der Waals surface area contributed by atoms with Crippen molar-refractivity contribution in [3.05, 3.63) is 35.4 Å². The predicted molar refractivity (Wildman–Crippen MR) is 121 cm³/mol. The molecule has 0 aliphatic carbocycles. The highest BCUT2D eigenvalue weighted by Crippen LogP contribution is 2.57. The maximum atomic E-state index is 10.0. The van der Waals surface area contributed by atoms with E-state index in [0.717, 1.165) is 34.0 Å². The lowest BCUT2D eigenvalue weighted by Gasteiger charge is -2.35. The fourth-order valence-electron chi connectivity index (χ4n) is 3.49. The summed E-state index contributed by atoms with van der Waals surface area (Å²) >= 11 is 1.54. The van der Waals surface area contributed by atoms with E-state index in [4.69, 9.17) is 14.2 Å². The predicted octanol–water partition coefficient (Wildman–Crippen LogP) is 5.99. The number of ether oxygens (including phenoxy) is 3. The number of nitrogens with zero attached hydrogens (tertiary/aromatic N) is 3. The Kier molecular flexibility index (Phi) is 7.68. The molecule has 2 aromatic carbocycles. The molecule has 0 aromatic heterocycles. The molecule has 31 heavy (non-hydrogen) atoms. The van der Waals surface area contributed by atoms with Gasteiger partial charge in [0.15, 0.2) is 17.8 Å². The Balaban J connectivity index is 2.28. The first-order valence-electron chi connectivity index (χ1n) is 10.6. The number of fused-ring (bicyclic) bond motifs is 2. The number of anilines is 2. The van der Waals surface area contributed by atoms with Crippen molar-refractivity contribution in [3.8, 4) is 23.6 Å². The second-order valence-electron chi connectivity index (χ2n) is 7.03. The van der Waals surface area contributed by atoms with E-state index < -0.39 is 6.29 Å². The van der Waals surface area contributed by atoms with Gasteiger partial charge >= 0.3 is 0 Å². The Morgan fingerprint density at radius 2 is 1.68 bits per heavy atom. The average Bonchev–Trinajstić information content (AvgIpc) is 2.80. The van der Waals surface area contributed by atoms with Crippen LogP contribution >= 0.6 is 11.8 Å². The molecule has 0 saturated carbocycles. The molecule has 3 rings (SSSR count). The number of benzene rings is 2. The van der Waals surface area contributed by atoms with Gasteiger partial charge in [-0.2, -0.15) is 10.5 Å². The molecule has 0 spiro atoms. The first kappa shape index (κ1) is 22.8. The minimum absolute atomic E-state index is 0.178. The van der Waals surface area contributed by atoms with Crippen molar-refractivity contribution >= 4 is 23.1 Å². The van der Waals surface area contributed by atoms with Crippen molar-refractivity contribution in [1.29, 1.82) is 10.5 Å². The molecule has 1 unspecified atom stereocenters. The van der Waals surface area contributed by atoms with Gasteiger partial charge in [0.1, 0.15) is 29.0 Å². The normalized spacial score (nSPS) is 12.9. The van der Waals surface area contributed by atoms with Crippen molar-refractivity contribution in [2.24, 2.45) is 0 Å². The van der Waals surface area contributed by atoms with Crippen LogP contribution in [0.1, 0.15) is 51.7 Å². The maximum Gasteiger partial charge on any atom is 0.197 e. The summed E-state index contributed by atoms with van der Waals surface area (Å²) < 4.78 is 17.9. The number of hydrogen-bond acceptors (Lipinski definition) is 7. The van der Waals surface area contributed by atoms with Gasteiger partial charge in [-0.1, -0.05) is 37.7 Å². The summed E-state index contributed by atoms with van der Waals surface area (Å²) in [6, 6.07) is 12.5. The van der Waals surface area contributed by atoms with Gasteiger partial charge in [0.05, 0.1) is 23.8 Å². The monoisotopic (exact) mass is 437 g/mol. The Morgan fingerprint density at radius 1 is 1.00 bits per heavy atom. The number of hydrogen-bond donors (Lipinski definition) is 0. The lowest BCUT2D eigenvalue weighted by atomic mass is 10.0. The van der Waals surface area contributed by atoms with Crippen LogP contribution in [0.4, 0.5) is 11.4 Å². The Labute approximate surface area is 188 Å². The second kappa shape index (κ2) is 10.4. The Hall–Kier alpha value is -2.87. The van der Waals surface area contributed by atoms with E-state index in [1.54, 1.807) is 6.92 Å². The Morgan fingerprint density at radius 3 is 2.32 bits per heavy atom. The minimum atomic E-state index is -0.564. The van der Waals surface area contributed by atoms with Crippen LogP contribution in [0.5, 0.6) is 11.5 Å². The summed E-state index contributed by atoms with van der Waals surface area (Å²) in [6.45, 7) is 9.55. The average molecular weight is 438 g/mol. The molecular weight excluding hydrogens is 410 g/mol. The van der Waals surface area contributed by atoms with Crippen molar-refractivity contribution in [3.63, 3.8) is 0 Å². The first-order chi connectivity index (χ1) is 15.1. The van der Waals surface area contributed by atoms with Crippen LogP contribution in [0.15, 0.2) is 34.1 Å². The van der Waals surface area contributed by atoms with E-state index in [2.05, 4.69) is 17.0 Å². The van der Waals surface area contributed by atoms with E-state index in [1.807, 2.05) is 45.0 Å². The number of nitriles is 2. The minimum Gasteiger partial charge on any atom is -0.491 e. The molecule has 1 atom stereocenters. The van der Waals surface area contributed by atoms with Crippen LogP contribution in [0.25, 0.3) is 0 Å². The third kappa shape index (κ3) is 4.44. The van der Waals surface area contributed by atoms with Crippen molar-refractivity contribution in [1.82, 2.24) is 0 Å². The zero-order chi connectivity index (χ0) is 22.4. The summed E-state index contributed by atoms with van der Waals surface area (Å²) in [7, 11) is 0. The number of para-hydroxylation sites is 1. The maximum absolute atomic E-state index is 10.0. The molecule has 7 heteroatoms. The van der Waals surface area contributed by atoms with Crippen LogP contribution in [0.3, 0.4) is 0 Å². The highest BCUT2D eigenvalue weighted by atomic mass is 32.2. The third-order valence-corrected chi connectivity index (χ3v) is 5.96. The fourth-order valence-corrected chi connectivity index (χ4v) is 4.69. The first-order valence-corrected chi connectivity index (χ1v) is 11.4. The van der Waals surface area contributed by atoms with Crippen LogP contribution in [0, 0.1) is 22.7 Å². The summed E-state index contributed by atoms with van der Waals surface area (Å²) in [5, 5.41) is 20.0. The molecule has 0 bridgehead atoms. The molecule has 0 saturated heterocycles. The quantitative estimate of drug-likeness (QED) is 0.446. The molecule has 0 amide bonds. The molecular formula is C24H27N3O3S. The standard InChI is InChI=1S/C24H27N3O3S/c1-5-12-28-16(4)30-22-17(14-25)18(15-26)23(29-13-6-2)24-21(22)27(7-3)19-10-8-9-11-20(19)31-24/h8-11,16H,5-7,12-13H2,1-4H3. The van der Waals surface area contributed by atoms with E-state index in [9.17, 15) is 10.5 Å². The highest BCUT2D eigenvalue weighted by molar-refractivity contribution is 7.99. The molecule has 0 radical (unpaired) electrons. The molecule has 0 N–H and O–H groups in total. The molecule has 2 aromatic rings. The zero-order valence-corrected chi connectivity index (χ0v) is 19.2. The molecule has 0 fully saturated rings. The Bertz CT molecular complexity index is 1030. The SMILES string of the molecule is CCCOc1c(C#N)c(C#N)c(OC(C)OCCC)c2c1Sc1ccccc1N2CC. The van der Waals surface area contributed by atoms with Gasteiger partial charge in [-0.25, -0.2) is 0 Å². The largest absolute Gasteiger partial charge is 0.491 e. The molecule has 162 valence electrons. The second-order valence-corrected chi connectivity index (χ2v) is 8.08. The van der Waals surface area contributed by atoms with Gasteiger partial charge in [0.2, 0.25) is 0 Å². The highest BCUT2D eigenvalue weighted by Gasteiger charge is 2.35. The number of rotatable bonds is 9. The van der Waals surface area contributed by atoms with Gasteiger partial charge in [0, 0.05) is 11.4 Å². The molecule has 1 heterocycles. The van der Waals surface area contributed by atoms with Gasteiger partial charge < -0.3 is 19.1 Å². The molecule has 1 aliphatic rings. The lowest BCUT2D eigenvalue weighted by molar-refractivity contribution is -0.0662. The summed E-state index contributed by atoms with van der Waals surface area (Å²) in [5.41, 5.74) is 2.16. The zero-order valence-electron chi connectivity index (χ0n) is 18.4. The van der Waals surface area contributed by atoms with E-state index in [-0.39, 0.29) is 11.1 Å². The van der Waals surface area contributed by atoms with Gasteiger partial charge in [-0.3, -0.25) is 0 Å². The smallest absolute Gasteiger partial charge is 0.197 e. The van der Waals surface area contributed by atoms with Crippen molar-refractivity contribution in [2.45, 2.75) is 56.6 Å². The van der Waals surface area contributed by atoms with Gasteiger partial charge in [-0.05, 0) is 38.8 Å². The third-order valence-electron chi connectivity index (χ3n) is 4.81. The van der Waals surface area contributed by atoms with Crippen LogP contribution in [0.2, 0.25) is 0 Å². The van der Waals surface area contributed by atoms with E-state index >= 15 is 0 Å². The fraction of sp³-hybridized carbons (Fsp3) is 0.417. The van der Waals surface area contributed by atoms with Gasteiger partial charge in [-0.15, -0.1) is 0 Å². The summed E-state index contributed by atoms with van der Waals surface area (Å²) in [5.74, 6) is 0.814. The van der Waals surface area contributed by atoms with Crippen LogP contribution in [-0.4, -0.2) is 26.0 Å². The lowest BCUT2D eigenvalue weighted by Crippen LogP contribution is -2.25. The van der Waals surface area contributed by atoms with Crippen LogP contribution in [-0.2, 0) is 4.74 Å². The van der Waals surface area contributed by atoms with Crippen LogP contribution < -0.4 is 14.4 Å². The molecule has 6 nitrogen and oxygen atoms in total. The topological polar surface area (TPSA) is 78.5 Å². The van der Waals surface area contributed by atoms with Gasteiger partial charge in [0.25, 0.3) is 0 Å². The van der Waals surface area contributed by atoms with E-state index in [1.165, 1.54) is 11.8 Å². The van der Waals surface area contributed by atoms with Crippen molar-refractivity contribution < 1.29 is 14.2 Å². The van der Waals surface area contributed by atoms with Crippen molar-refractivity contribution in [2.75, 3.05) is 24.7 Å².